The zero-order chi connectivity index (χ0) is 14.0. The summed E-state index contributed by atoms with van der Waals surface area (Å²) in [7, 11) is -3.74. The lowest BCUT2D eigenvalue weighted by Crippen LogP contribution is -2.41. The van der Waals surface area contributed by atoms with Crippen molar-refractivity contribution in [1.29, 1.82) is 0 Å². The summed E-state index contributed by atoms with van der Waals surface area (Å²) in [6.45, 7) is 0.321. The molecular weight excluding hydrogens is 273 g/mol. The van der Waals surface area contributed by atoms with E-state index in [1.54, 1.807) is 0 Å². The third-order valence-corrected chi connectivity index (χ3v) is 5.59. The van der Waals surface area contributed by atoms with Crippen molar-refractivity contribution in [3.05, 3.63) is 30.1 Å². The fraction of sp³-hybridized carbons (Fsp3) is 0.417. The molecule has 5 nitrogen and oxygen atoms in total. The molecule has 1 aromatic carbocycles. The van der Waals surface area contributed by atoms with E-state index in [0.29, 0.717) is 0 Å². The van der Waals surface area contributed by atoms with Gasteiger partial charge in [-0.15, -0.1) is 0 Å². The zero-order valence-corrected chi connectivity index (χ0v) is 10.9. The Balaban J connectivity index is 2.19. The van der Waals surface area contributed by atoms with E-state index in [0.717, 1.165) is 6.07 Å². The summed E-state index contributed by atoms with van der Waals surface area (Å²) in [4.78, 5) is 11.6. The number of benzene rings is 1. The van der Waals surface area contributed by atoms with Gasteiger partial charge >= 0.3 is 6.09 Å². The molecule has 19 heavy (non-hydrogen) atoms. The fourth-order valence-corrected chi connectivity index (χ4v) is 4.01. The third-order valence-electron chi connectivity index (χ3n) is 3.29. The summed E-state index contributed by atoms with van der Waals surface area (Å²) in [6, 6.07) is 5.26. The largest absolute Gasteiger partial charge is 0.465 e. The number of halogens is 1. The molecule has 1 aliphatic rings. The Labute approximate surface area is 110 Å². The van der Waals surface area contributed by atoms with Gasteiger partial charge in [-0.05, 0) is 25.0 Å². The molecule has 1 saturated heterocycles. The molecule has 0 spiro atoms. The van der Waals surface area contributed by atoms with Crippen LogP contribution < -0.4 is 0 Å². The van der Waals surface area contributed by atoms with Gasteiger partial charge in [0.15, 0.2) is 9.84 Å². The van der Waals surface area contributed by atoms with Crippen LogP contribution in [-0.2, 0) is 9.84 Å². The first kappa shape index (κ1) is 13.8. The summed E-state index contributed by atoms with van der Waals surface area (Å²) in [6.07, 6.45) is -0.659. The molecule has 0 radical (unpaired) electrons. The molecular formula is C12H14FNO4S. The quantitative estimate of drug-likeness (QED) is 0.899. The number of nitrogens with zero attached hydrogens (tertiary/aromatic N) is 1. The van der Waals surface area contributed by atoms with E-state index in [9.17, 15) is 17.6 Å². The van der Waals surface area contributed by atoms with Crippen LogP contribution in [0.5, 0.6) is 0 Å². The van der Waals surface area contributed by atoms with E-state index in [4.69, 9.17) is 5.11 Å². The van der Waals surface area contributed by atoms with Gasteiger partial charge in [-0.3, -0.25) is 0 Å². The van der Waals surface area contributed by atoms with Crippen molar-refractivity contribution < 1.29 is 22.7 Å². The molecule has 1 heterocycles. The summed E-state index contributed by atoms with van der Waals surface area (Å²) < 4.78 is 38.1. The number of amides is 1. The summed E-state index contributed by atoms with van der Waals surface area (Å²) in [5, 5.41) is 8.08. The summed E-state index contributed by atoms with van der Waals surface area (Å²) in [5.41, 5.74) is 0. The van der Waals surface area contributed by atoms with Crippen LogP contribution >= 0.6 is 0 Å². The van der Waals surface area contributed by atoms with Gasteiger partial charge < -0.3 is 10.0 Å². The third kappa shape index (κ3) is 2.70. The first-order valence-corrected chi connectivity index (χ1v) is 7.44. The normalized spacial score (nSPS) is 17.4. The average Bonchev–Trinajstić information content (AvgIpc) is 2.39. The predicted molar refractivity (Wildman–Crippen MR) is 66.2 cm³/mol. The number of carboxylic acid groups (broad SMARTS) is 1. The van der Waals surface area contributed by atoms with Crippen LogP contribution in [-0.4, -0.2) is 42.9 Å². The van der Waals surface area contributed by atoms with Crippen molar-refractivity contribution in [3.63, 3.8) is 0 Å². The monoisotopic (exact) mass is 287 g/mol. The molecule has 7 heteroatoms. The minimum Gasteiger partial charge on any atom is -0.465 e. The standard InChI is InChI=1S/C12H14FNO4S/c13-10-3-1-2-4-11(10)19(17,18)9-5-7-14(8-6-9)12(15)16/h1-4,9H,5-8H2,(H,15,16). The Morgan fingerprint density at radius 3 is 2.37 bits per heavy atom. The maximum Gasteiger partial charge on any atom is 0.407 e. The molecule has 1 N–H and O–H groups in total. The molecule has 2 rings (SSSR count). The Kier molecular flexibility index (Phi) is 3.75. The Morgan fingerprint density at radius 1 is 1.26 bits per heavy atom. The minimum absolute atomic E-state index is 0.160. The topological polar surface area (TPSA) is 74.7 Å². The highest BCUT2D eigenvalue weighted by Crippen LogP contribution is 2.26. The van der Waals surface area contributed by atoms with Crippen LogP contribution in [0.2, 0.25) is 0 Å². The van der Waals surface area contributed by atoms with Crippen molar-refractivity contribution in [2.45, 2.75) is 23.0 Å². The fourth-order valence-electron chi connectivity index (χ4n) is 2.21. The maximum atomic E-state index is 13.6. The van der Waals surface area contributed by atoms with Gasteiger partial charge in [0.2, 0.25) is 0 Å². The van der Waals surface area contributed by atoms with Gasteiger partial charge in [-0.1, -0.05) is 12.1 Å². The van der Waals surface area contributed by atoms with Crippen molar-refractivity contribution in [1.82, 2.24) is 4.90 Å². The molecule has 1 aromatic rings. The second kappa shape index (κ2) is 5.16. The minimum atomic E-state index is -3.74. The van der Waals surface area contributed by atoms with Gasteiger partial charge in [0.05, 0.1) is 5.25 Å². The van der Waals surface area contributed by atoms with Crippen LogP contribution in [0.4, 0.5) is 9.18 Å². The van der Waals surface area contributed by atoms with Crippen LogP contribution in [0.15, 0.2) is 29.2 Å². The molecule has 0 atom stereocenters. The Hall–Kier alpha value is -1.63. The number of rotatable bonds is 2. The SMILES string of the molecule is O=C(O)N1CCC(S(=O)(=O)c2ccccc2F)CC1. The van der Waals surface area contributed by atoms with Crippen molar-refractivity contribution in [2.75, 3.05) is 13.1 Å². The van der Waals surface area contributed by atoms with Crippen LogP contribution in [0, 0.1) is 5.82 Å². The molecule has 0 bridgehead atoms. The molecule has 0 saturated carbocycles. The molecule has 0 aliphatic carbocycles. The smallest absolute Gasteiger partial charge is 0.407 e. The lowest BCUT2D eigenvalue weighted by atomic mass is 10.1. The van der Waals surface area contributed by atoms with E-state index in [-0.39, 0.29) is 30.8 Å². The Morgan fingerprint density at radius 2 is 1.84 bits per heavy atom. The first-order valence-electron chi connectivity index (χ1n) is 5.89. The van der Waals surface area contributed by atoms with E-state index >= 15 is 0 Å². The molecule has 1 aliphatic heterocycles. The predicted octanol–water partition coefficient (Wildman–Crippen LogP) is 1.74. The van der Waals surface area contributed by atoms with Crippen LogP contribution in [0.1, 0.15) is 12.8 Å². The van der Waals surface area contributed by atoms with E-state index in [1.807, 2.05) is 0 Å². The van der Waals surface area contributed by atoms with Crippen molar-refractivity contribution in [3.8, 4) is 0 Å². The number of carbonyl (C=O) groups is 1. The maximum absolute atomic E-state index is 13.6. The summed E-state index contributed by atoms with van der Waals surface area (Å²) in [5.74, 6) is -0.761. The Bertz CT molecular complexity index is 579. The zero-order valence-electron chi connectivity index (χ0n) is 10.1. The second-order valence-electron chi connectivity index (χ2n) is 4.44. The summed E-state index contributed by atoms with van der Waals surface area (Å²) >= 11 is 0. The molecule has 104 valence electrons. The molecule has 0 unspecified atom stereocenters. The van der Waals surface area contributed by atoms with Crippen LogP contribution in [0.25, 0.3) is 0 Å². The lowest BCUT2D eigenvalue weighted by Gasteiger charge is -2.29. The number of piperidine rings is 1. The van der Waals surface area contributed by atoms with Crippen LogP contribution in [0.3, 0.4) is 0 Å². The number of sulfone groups is 1. The lowest BCUT2D eigenvalue weighted by molar-refractivity contribution is 0.136. The van der Waals surface area contributed by atoms with Gasteiger partial charge in [-0.25, -0.2) is 17.6 Å². The second-order valence-corrected chi connectivity index (χ2v) is 6.64. The van der Waals surface area contributed by atoms with Gasteiger partial charge in [-0.2, -0.15) is 0 Å². The molecule has 1 amide bonds. The van der Waals surface area contributed by atoms with E-state index in [1.165, 1.54) is 23.1 Å². The highest BCUT2D eigenvalue weighted by atomic mass is 32.2. The number of likely N-dealkylation sites (tertiary alicyclic amines) is 1. The highest BCUT2D eigenvalue weighted by Gasteiger charge is 2.33. The average molecular weight is 287 g/mol. The van der Waals surface area contributed by atoms with Gasteiger partial charge in [0.25, 0.3) is 0 Å². The van der Waals surface area contributed by atoms with E-state index < -0.39 is 27.0 Å². The highest BCUT2D eigenvalue weighted by molar-refractivity contribution is 7.92. The van der Waals surface area contributed by atoms with Crippen molar-refractivity contribution >= 4 is 15.9 Å². The van der Waals surface area contributed by atoms with Gasteiger partial charge in [0.1, 0.15) is 10.7 Å². The number of hydrogen-bond donors (Lipinski definition) is 1. The number of hydrogen-bond acceptors (Lipinski definition) is 3. The molecule has 0 aromatic heterocycles. The van der Waals surface area contributed by atoms with Crippen molar-refractivity contribution in [2.24, 2.45) is 0 Å². The molecule has 1 fully saturated rings. The first-order chi connectivity index (χ1) is 8.93. The van der Waals surface area contributed by atoms with Gasteiger partial charge in [0, 0.05) is 13.1 Å². The van der Waals surface area contributed by atoms with E-state index in [2.05, 4.69) is 0 Å².